The molecule has 1 aliphatic carbocycles. The molecule has 1 saturated carbocycles. The fourth-order valence-corrected chi connectivity index (χ4v) is 3.82. The van der Waals surface area contributed by atoms with Crippen molar-refractivity contribution in [3.8, 4) is 5.19 Å². The number of anilines is 1. The molecular weight excluding hydrogens is 290 g/mol. The maximum atomic E-state index is 6.36. The normalized spacial score (nSPS) is 23.4. The first-order chi connectivity index (χ1) is 9.17. The average Bonchev–Trinajstić information content (AvgIpc) is 2.65. The summed E-state index contributed by atoms with van der Waals surface area (Å²) in [5.41, 5.74) is 5.51. The maximum Gasteiger partial charge on any atom is 0.295 e. The Hall–Kier alpha value is -0.663. The number of nitrogen functional groups attached to an aromatic ring is 1. The SMILES string of the molecule is CC(C)(C)[Si](C)(C)O[C@H]1C[C@H](COc2nnc(N)s2)C1. The molecule has 0 aliphatic heterocycles. The van der Waals surface area contributed by atoms with E-state index in [1.54, 1.807) is 0 Å². The van der Waals surface area contributed by atoms with Crippen LogP contribution in [-0.2, 0) is 4.43 Å². The third-order valence-corrected chi connectivity index (χ3v) is 9.52. The molecule has 114 valence electrons. The van der Waals surface area contributed by atoms with Crippen molar-refractivity contribution in [2.24, 2.45) is 5.92 Å². The van der Waals surface area contributed by atoms with Gasteiger partial charge in [0.05, 0.1) is 6.61 Å². The Morgan fingerprint density at radius 2 is 1.95 bits per heavy atom. The number of hydrogen-bond donors (Lipinski definition) is 1. The van der Waals surface area contributed by atoms with Crippen LogP contribution in [0.4, 0.5) is 5.13 Å². The number of nitrogens with two attached hydrogens (primary N) is 1. The zero-order valence-corrected chi connectivity index (χ0v) is 14.8. The van der Waals surface area contributed by atoms with Crippen LogP contribution in [0.15, 0.2) is 0 Å². The molecule has 0 saturated heterocycles. The number of nitrogens with zero attached hydrogens (tertiary/aromatic N) is 2. The van der Waals surface area contributed by atoms with Crippen LogP contribution in [0, 0.1) is 5.92 Å². The Bertz CT molecular complexity index is 453. The lowest BCUT2D eigenvalue weighted by atomic mass is 9.83. The van der Waals surface area contributed by atoms with Gasteiger partial charge in [-0.1, -0.05) is 25.9 Å². The first kappa shape index (κ1) is 15.7. The summed E-state index contributed by atoms with van der Waals surface area (Å²) >= 11 is 1.29. The predicted molar refractivity (Wildman–Crippen MR) is 84.6 cm³/mol. The number of hydrogen-bond acceptors (Lipinski definition) is 6. The molecule has 0 atom stereocenters. The zero-order chi connectivity index (χ0) is 15.0. The minimum Gasteiger partial charge on any atom is -0.469 e. The van der Waals surface area contributed by atoms with E-state index in [4.69, 9.17) is 14.9 Å². The third kappa shape index (κ3) is 3.71. The number of aromatic nitrogens is 2. The molecule has 0 amide bonds. The molecule has 20 heavy (non-hydrogen) atoms. The molecule has 0 aromatic carbocycles. The largest absolute Gasteiger partial charge is 0.469 e. The fourth-order valence-electron chi connectivity index (χ4n) is 1.97. The Labute approximate surface area is 126 Å². The highest BCUT2D eigenvalue weighted by atomic mass is 32.1. The van der Waals surface area contributed by atoms with Crippen LogP contribution in [0.25, 0.3) is 0 Å². The molecule has 2 N–H and O–H groups in total. The molecule has 7 heteroatoms. The quantitative estimate of drug-likeness (QED) is 0.844. The maximum absolute atomic E-state index is 6.36. The standard InChI is InChI=1S/C13H25N3O2SSi/c1-13(2,3)20(4,5)18-10-6-9(7-10)8-17-12-16-15-11(14)19-12/h9-10H,6-8H2,1-5H3,(H2,14,15)/t9-,10-. The lowest BCUT2D eigenvalue weighted by molar-refractivity contribution is 0.0287. The molecule has 0 radical (unpaired) electrons. The van der Waals surface area contributed by atoms with E-state index in [0.717, 1.165) is 12.8 Å². The van der Waals surface area contributed by atoms with Crippen molar-refractivity contribution in [2.75, 3.05) is 12.3 Å². The van der Waals surface area contributed by atoms with Gasteiger partial charge in [-0.15, -0.1) is 5.10 Å². The summed E-state index contributed by atoms with van der Waals surface area (Å²) in [4.78, 5) is 0. The lowest BCUT2D eigenvalue weighted by Gasteiger charge is -2.44. The Kier molecular flexibility index (Phi) is 4.41. The van der Waals surface area contributed by atoms with Gasteiger partial charge in [0.1, 0.15) is 0 Å². The number of ether oxygens (including phenoxy) is 1. The van der Waals surface area contributed by atoms with Crippen molar-refractivity contribution in [1.29, 1.82) is 0 Å². The van der Waals surface area contributed by atoms with Gasteiger partial charge in [0.2, 0.25) is 5.13 Å². The average molecular weight is 316 g/mol. The van der Waals surface area contributed by atoms with Crippen molar-refractivity contribution < 1.29 is 9.16 Å². The van der Waals surface area contributed by atoms with Crippen LogP contribution >= 0.6 is 11.3 Å². The summed E-state index contributed by atoms with van der Waals surface area (Å²) in [7, 11) is -1.63. The van der Waals surface area contributed by atoms with Gasteiger partial charge in [-0.2, -0.15) is 0 Å². The molecule has 0 unspecified atom stereocenters. The van der Waals surface area contributed by atoms with E-state index < -0.39 is 8.32 Å². The summed E-state index contributed by atoms with van der Waals surface area (Å²) in [6.45, 7) is 12.1. The molecule has 2 rings (SSSR count). The highest BCUT2D eigenvalue weighted by molar-refractivity contribution is 7.16. The van der Waals surface area contributed by atoms with E-state index in [-0.39, 0.29) is 5.04 Å². The van der Waals surface area contributed by atoms with Gasteiger partial charge in [-0.25, -0.2) is 0 Å². The smallest absolute Gasteiger partial charge is 0.295 e. The van der Waals surface area contributed by atoms with Crippen LogP contribution < -0.4 is 10.5 Å². The van der Waals surface area contributed by atoms with E-state index in [9.17, 15) is 0 Å². The molecule has 1 aromatic rings. The van der Waals surface area contributed by atoms with Gasteiger partial charge in [0.15, 0.2) is 8.32 Å². The highest BCUT2D eigenvalue weighted by Gasteiger charge is 2.42. The molecule has 1 aromatic heterocycles. The molecule has 5 nitrogen and oxygen atoms in total. The fraction of sp³-hybridized carbons (Fsp3) is 0.846. The van der Waals surface area contributed by atoms with Gasteiger partial charge in [0.25, 0.3) is 5.19 Å². The van der Waals surface area contributed by atoms with E-state index in [0.29, 0.717) is 29.0 Å². The Balaban J connectivity index is 1.70. The van der Waals surface area contributed by atoms with Crippen LogP contribution in [0.3, 0.4) is 0 Å². The molecule has 1 heterocycles. The van der Waals surface area contributed by atoms with Gasteiger partial charge in [0, 0.05) is 6.10 Å². The van der Waals surface area contributed by atoms with Crippen molar-refractivity contribution >= 4 is 24.8 Å². The van der Waals surface area contributed by atoms with Gasteiger partial charge < -0.3 is 14.9 Å². The summed E-state index contributed by atoms with van der Waals surface area (Å²) in [6, 6.07) is 0. The molecule has 0 spiro atoms. The zero-order valence-electron chi connectivity index (χ0n) is 13.0. The van der Waals surface area contributed by atoms with E-state index in [1.807, 2.05) is 0 Å². The second-order valence-corrected chi connectivity index (χ2v) is 12.8. The van der Waals surface area contributed by atoms with Crippen molar-refractivity contribution in [2.45, 2.75) is 57.8 Å². The molecule has 1 fully saturated rings. The van der Waals surface area contributed by atoms with Crippen molar-refractivity contribution in [3.63, 3.8) is 0 Å². The number of rotatable bonds is 5. The second-order valence-electron chi connectivity index (χ2n) is 7.05. The minimum atomic E-state index is -1.63. The van der Waals surface area contributed by atoms with Crippen LogP contribution in [0.5, 0.6) is 5.19 Å². The van der Waals surface area contributed by atoms with E-state index in [2.05, 4.69) is 44.1 Å². The van der Waals surface area contributed by atoms with Crippen LogP contribution in [-0.4, -0.2) is 31.2 Å². The summed E-state index contributed by atoms with van der Waals surface area (Å²) < 4.78 is 12.0. The first-order valence-electron chi connectivity index (χ1n) is 7.07. The summed E-state index contributed by atoms with van der Waals surface area (Å²) in [5.74, 6) is 0.565. The Morgan fingerprint density at radius 3 is 2.45 bits per heavy atom. The molecular formula is C13H25N3O2SSi. The Morgan fingerprint density at radius 1 is 1.30 bits per heavy atom. The van der Waals surface area contributed by atoms with Gasteiger partial charge in [-0.3, -0.25) is 0 Å². The molecule has 1 aliphatic rings. The van der Waals surface area contributed by atoms with Crippen molar-refractivity contribution in [3.05, 3.63) is 0 Å². The van der Waals surface area contributed by atoms with E-state index >= 15 is 0 Å². The van der Waals surface area contributed by atoms with Crippen LogP contribution in [0.1, 0.15) is 33.6 Å². The third-order valence-electron chi connectivity index (χ3n) is 4.32. The highest BCUT2D eigenvalue weighted by Crippen LogP contribution is 2.41. The van der Waals surface area contributed by atoms with Gasteiger partial charge >= 0.3 is 0 Å². The topological polar surface area (TPSA) is 70.3 Å². The minimum absolute atomic E-state index is 0.276. The first-order valence-corrected chi connectivity index (χ1v) is 10.8. The van der Waals surface area contributed by atoms with Gasteiger partial charge in [-0.05, 0) is 48.2 Å². The van der Waals surface area contributed by atoms with Crippen LogP contribution in [0.2, 0.25) is 18.1 Å². The lowest BCUT2D eigenvalue weighted by Crippen LogP contribution is -2.48. The van der Waals surface area contributed by atoms with Crippen molar-refractivity contribution in [1.82, 2.24) is 10.2 Å². The summed E-state index contributed by atoms with van der Waals surface area (Å²) in [5, 5.41) is 8.88. The predicted octanol–water partition coefficient (Wildman–Crippen LogP) is 3.30. The van der Waals surface area contributed by atoms with E-state index in [1.165, 1.54) is 11.3 Å². The second kappa shape index (κ2) is 5.61. The molecule has 0 bridgehead atoms. The summed E-state index contributed by atoms with van der Waals surface area (Å²) in [6.07, 6.45) is 2.57. The monoisotopic (exact) mass is 315 g/mol.